The highest BCUT2D eigenvalue weighted by molar-refractivity contribution is 6.30. The van der Waals surface area contributed by atoms with Crippen molar-refractivity contribution in [2.45, 2.75) is 6.92 Å². The third-order valence-corrected chi connectivity index (χ3v) is 2.93. The monoisotopic (exact) mass is 292 g/mol. The maximum absolute atomic E-state index is 6.01. The van der Waals surface area contributed by atoms with Gasteiger partial charge in [0.15, 0.2) is 0 Å². The first kappa shape index (κ1) is 14.3. The average molecular weight is 293 g/mol. The van der Waals surface area contributed by atoms with Crippen LogP contribution in [0.1, 0.15) is 5.56 Å². The van der Waals surface area contributed by atoms with Gasteiger partial charge in [-0.05, 0) is 24.6 Å². The van der Waals surface area contributed by atoms with Gasteiger partial charge in [0.1, 0.15) is 0 Å². The molecule has 1 aromatic carbocycles. The lowest BCUT2D eigenvalue weighted by Gasteiger charge is -2.14. The summed E-state index contributed by atoms with van der Waals surface area (Å²) >= 11 is 6.01. The smallest absolute Gasteiger partial charge is 0.233 e. The van der Waals surface area contributed by atoms with Gasteiger partial charge < -0.3 is 15.5 Å². The highest BCUT2D eigenvalue weighted by atomic mass is 35.5. The minimum atomic E-state index is 0.471. The molecule has 106 valence electrons. The van der Waals surface area contributed by atoms with Gasteiger partial charge in [0.2, 0.25) is 17.8 Å². The number of hydrogen-bond donors (Lipinski definition) is 2. The van der Waals surface area contributed by atoms with Gasteiger partial charge in [-0.1, -0.05) is 17.7 Å². The Balaban J connectivity index is 2.37. The second-order valence-electron chi connectivity index (χ2n) is 4.51. The third-order valence-electron chi connectivity index (χ3n) is 2.69. The SMILES string of the molecule is CNc1nc(Nc2cc(Cl)ccc2C)nc(N(C)C)n1. The van der Waals surface area contributed by atoms with E-state index in [2.05, 4.69) is 25.6 Å². The number of benzene rings is 1. The molecule has 0 aliphatic heterocycles. The summed E-state index contributed by atoms with van der Waals surface area (Å²) in [4.78, 5) is 14.7. The van der Waals surface area contributed by atoms with Crippen LogP contribution in [-0.2, 0) is 0 Å². The molecule has 0 fully saturated rings. The summed E-state index contributed by atoms with van der Waals surface area (Å²) in [6.07, 6.45) is 0. The summed E-state index contributed by atoms with van der Waals surface area (Å²) in [5.41, 5.74) is 1.93. The molecule has 2 rings (SSSR count). The summed E-state index contributed by atoms with van der Waals surface area (Å²) in [5.74, 6) is 1.55. The lowest BCUT2D eigenvalue weighted by Crippen LogP contribution is -2.15. The van der Waals surface area contributed by atoms with E-state index in [1.165, 1.54) is 0 Å². The second-order valence-corrected chi connectivity index (χ2v) is 4.95. The highest BCUT2D eigenvalue weighted by Crippen LogP contribution is 2.23. The molecule has 2 aromatic rings. The Morgan fingerprint density at radius 3 is 2.45 bits per heavy atom. The fourth-order valence-corrected chi connectivity index (χ4v) is 1.75. The Morgan fingerprint density at radius 2 is 1.80 bits per heavy atom. The Bertz CT molecular complexity index is 614. The molecule has 1 aromatic heterocycles. The molecule has 0 radical (unpaired) electrons. The Morgan fingerprint density at radius 1 is 1.10 bits per heavy atom. The fraction of sp³-hybridized carbons (Fsp3) is 0.308. The maximum atomic E-state index is 6.01. The number of aromatic nitrogens is 3. The first-order chi connectivity index (χ1) is 9.49. The van der Waals surface area contributed by atoms with Crippen LogP contribution in [-0.4, -0.2) is 36.1 Å². The van der Waals surface area contributed by atoms with E-state index < -0.39 is 0 Å². The summed E-state index contributed by atoms with van der Waals surface area (Å²) < 4.78 is 0. The van der Waals surface area contributed by atoms with Gasteiger partial charge in [-0.2, -0.15) is 15.0 Å². The molecule has 0 bridgehead atoms. The predicted molar refractivity (Wildman–Crippen MR) is 83.2 cm³/mol. The Hall–Kier alpha value is -2.08. The summed E-state index contributed by atoms with van der Waals surface area (Å²) in [6, 6.07) is 5.63. The van der Waals surface area contributed by atoms with E-state index in [1.807, 2.05) is 44.1 Å². The molecule has 1 heterocycles. The van der Waals surface area contributed by atoms with E-state index >= 15 is 0 Å². The molecule has 20 heavy (non-hydrogen) atoms. The number of aryl methyl sites for hydroxylation is 1. The van der Waals surface area contributed by atoms with Gasteiger partial charge in [0.05, 0.1) is 0 Å². The van der Waals surface area contributed by atoms with Crippen molar-refractivity contribution in [1.29, 1.82) is 0 Å². The fourth-order valence-electron chi connectivity index (χ4n) is 1.58. The topological polar surface area (TPSA) is 66.0 Å². The molecule has 0 spiro atoms. The lowest BCUT2D eigenvalue weighted by molar-refractivity contribution is 0.962. The van der Waals surface area contributed by atoms with Gasteiger partial charge in [-0.3, -0.25) is 0 Å². The van der Waals surface area contributed by atoms with Crippen LogP contribution in [0.4, 0.5) is 23.5 Å². The van der Waals surface area contributed by atoms with Crippen molar-refractivity contribution in [3.63, 3.8) is 0 Å². The molecular weight excluding hydrogens is 276 g/mol. The van der Waals surface area contributed by atoms with Crippen molar-refractivity contribution in [2.24, 2.45) is 0 Å². The first-order valence-electron chi connectivity index (χ1n) is 6.14. The quantitative estimate of drug-likeness (QED) is 0.903. The number of nitrogens with one attached hydrogen (secondary N) is 2. The molecule has 0 amide bonds. The van der Waals surface area contributed by atoms with Crippen molar-refractivity contribution in [2.75, 3.05) is 36.7 Å². The zero-order valence-corrected chi connectivity index (χ0v) is 12.7. The van der Waals surface area contributed by atoms with Gasteiger partial charge in [-0.25, -0.2) is 0 Å². The molecule has 0 atom stereocenters. The predicted octanol–water partition coefficient (Wildman–Crippen LogP) is 2.68. The normalized spacial score (nSPS) is 10.2. The van der Waals surface area contributed by atoms with Crippen LogP contribution in [0.15, 0.2) is 18.2 Å². The molecule has 0 unspecified atom stereocenters. The van der Waals surface area contributed by atoms with Crippen molar-refractivity contribution in [1.82, 2.24) is 15.0 Å². The van der Waals surface area contributed by atoms with E-state index in [9.17, 15) is 0 Å². The van der Waals surface area contributed by atoms with Crippen molar-refractivity contribution in [3.8, 4) is 0 Å². The molecule has 0 saturated heterocycles. The van der Waals surface area contributed by atoms with E-state index in [0.29, 0.717) is 22.9 Å². The van der Waals surface area contributed by atoms with Crippen LogP contribution >= 0.6 is 11.6 Å². The van der Waals surface area contributed by atoms with Crippen LogP contribution in [0.2, 0.25) is 5.02 Å². The van der Waals surface area contributed by atoms with E-state index in [4.69, 9.17) is 11.6 Å². The van der Waals surface area contributed by atoms with Crippen LogP contribution < -0.4 is 15.5 Å². The number of anilines is 4. The van der Waals surface area contributed by atoms with Gasteiger partial charge >= 0.3 is 0 Å². The molecule has 0 saturated carbocycles. The van der Waals surface area contributed by atoms with E-state index in [-0.39, 0.29) is 0 Å². The summed E-state index contributed by atoms with van der Waals surface area (Å²) in [5, 5.41) is 6.75. The number of nitrogens with zero attached hydrogens (tertiary/aromatic N) is 4. The summed E-state index contributed by atoms with van der Waals surface area (Å²) in [7, 11) is 5.52. The molecule has 0 aliphatic rings. The molecular formula is C13H17ClN6. The Kier molecular flexibility index (Phi) is 4.24. The Labute approximate surface area is 123 Å². The molecule has 2 N–H and O–H groups in total. The largest absolute Gasteiger partial charge is 0.357 e. The third kappa shape index (κ3) is 3.27. The van der Waals surface area contributed by atoms with Gasteiger partial charge in [0.25, 0.3) is 0 Å². The van der Waals surface area contributed by atoms with Gasteiger partial charge in [-0.15, -0.1) is 0 Å². The van der Waals surface area contributed by atoms with Crippen LogP contribution in [0.5, 0.6) is 0 Å². The molecule has 6 nitrogen and oxygen atoms in total. The first-order valence-corrected chi connectivity index (χ1v) is 6.51. The number of halogens is 1. The number of hydrogen-bond acceptors (Lipinski definition) is 6. The minimum absolute atomic E-state index is 0.471. The van der Waals surface area contributed by atoms with E-state index in [1.54, 1.807) is 7.05 Å². The second kappa shape index (κ2) is 5.92. The molecule has 0 aliphatic carbocycles. The van der Waals surface area contributed by atoms with Crippen molar-refractivity contribution in [3.05, 3.63) is 28.8 Å². The van der Waals surface area contributed by atoms with Crippen LogP contribution in [0.3, 0.4) is 0 Å². The average Bonchev–Trinajstić information content (AvgIpc) is 2.42. The highest BCUT2D eigenvalue weighted by Gasteiger charge is 2.08. The van der Waals surface area contributed by atoms with Crippen molar-refractivity contribution < 1.29 is 0 Å². The minimum Gasteiger partial charge on any atom is -0.357 e. The maximum Gasteiger partial charge on any atom is 0.233 e. The summed E-state index contributed by atoms with van der Waals surface area (Å²) in [6.45, 7) is 1.99. The number of rotatable bonds is 4. The molecule has 7 heteroatoms. The zero-order chi connectivity index (χ0) is 14.7. The van der Waals surface area contributed by atoms with Crippen LogP contribution in [0, 0.1) is 6.92 Å². The van der Waals surface area contributed by atoms with Gasteiger partial charge in [0, 0.05) is 31.9 Å². The van der Waals surface area contributed by atoms with Crippen LogP contribution in [0.25, 0.3) is 0 Å². The zero-order valence-electron chi connectivity index (χ0n) is 11.9. The lowest BCUT2D eigenvalue weighted by atomic mass is 10.2. The standard InChI is InChI=1S/C13H17ClN6/c1-8-5-6-9(14)7-10(8)16-12-17-11(15-2)18-13(19-12)20(3)4/h5-7H,1-4H3,(H2,15,16,17,18,19). The van der Waals surface area contributed by atoms with Crippen molar-refractivity contribution >= 4 is 35.1 Å². The van der Waals surface area contributed by atoms with E-state index in [0.717, 1.165) is 11.3 Å².